The number of anilines is 1. The first-order valence-electron chi connectivity index (χ1n) is 9.20. The summed E-state index contributed by atoms with van der Waals surface area (Å²) in [5.74, 6) is -1.10. The topological polar surface area (TPSA) is 76.5 Å². The number of likely N-dealkylation sites (N-methyl/N-ethyl adjacent to an activating group) is 1. The predicted octanol–water partition coefficient (Wildman–Crippen LogP) is 2.76. The molecule has 1 aliphatic heterocycles. The SMILES string of the molecule is Cc1nn(C(C)C)c(C)c1NC(=O)[C@H]1OCC(=O)N(C)[C@@H]1c1cccc(F)c1. The Balaban J connectivity index is 1.92. The fraction of sp³-hybridized carbons (Fsp3) is 0.450. The molecule has 2 atom stereocenters. The number of nitrogens with one attached hydrogen (secondary N) is 1. The lowest BCUT2D eigenvalue weighted by Crippen LogP contribution is -2.51. The third kappa shape index (κ3) is 3.64. The van der Waals surface area contributed by atoms with Gasteiger partial charge in [0.1, 0.15) is 12.4 Å². The van der Waals surface area contributed by atoms with Crippen LogP contribution in [0.15, 0.2) is 24.3 Å². The summed E-state index contributed by atoms with van der Waals surface area (Å²) in [6.07, 6.45) is -0.967. The van der Waals surface area contributed by atoms with Gasteiger partial charge in [0.15, 0.2) is 6.10 Å². The van der Waals surface area contributed by atoms with E-state index >= 15 is 0 Å². The van der Waals surface area contributed by atoms with Gasteiger partial charge in [-0.2, -0.15) is 5.10 Å². The minimum atomic E-state index is -0.967. The lowest BCUT2D eigenvalue weighted by molar-refractivity contribution is -0.160. The van der Waals surface area contributed by atoms with E-state index < -0.39 is 23.9 Å². The monoisotopic (exact) mass is 388 g/mol. The van der Waals surface area contributed by atoms with Crippen molar-refractivity contribution in [2.24, 2.45) is 0 Å². The van der Waals surface area contributed by atoms with Crippen LogP contribution in [-0.4, -0.2) is 46.3 Å². The minimum absolute atomic E-state index is 0.152. The number of ether oxygens (including phenoxy) is 1. The first-order chi connectivity index (χ1) is 13.2. The van der Waals surface area contributed by atoms with Gasteiger partial charge in [-0.3, -0.25) is 14.3 Å². The highest BCUT2D eigenvalue weighted by molar-refractivity contribution is 5.97. The predicted molar refractivity (Wildman–Crippen MR) is 102 cm³/mol. The van der Waals surface area contributed by atoms with E-state index in [1.54, 1.807) is 19.2 Å². The van der Waals surface area contributed by atoms with Crippen LogP contribution in [0.4, 0.5) is 10.1 Å². The molecular formula is C20H25FN4O3. The fourth-order valence-corrected chi connectivity index (χ4v) is 3.56. The lowest BCUT2D eigenvalue weighted by Gasteiger charge is -2.38. The average Bonchev–Trinajstić information content (AvgIpc) is 2.92. The number of carbonyl (C=O) groups is 2. The van der Waals surface area contributed by atoms with Crippen LogP contribution in [0.2, 0.25) is 0 Å². The summed E-state index contributed by atoms with van der Waals surface area (Å²) in [7, 11) is 1.59. The van der Waals surface area contributed by atoms with Crippen LogP contribution in [-0.2, 0) is 14.3 Å². The van der Waals surface area contributed by atoms with Crippen molar-refractivity contribution in [3.05, 3.63) is 47.0 Å². The van der Waals surface area contributed by atoms with E-state index in [4.69, 9.17) is 4.74 Å². The third-order valence-electron chi connectivity index (χ3n) is 4.99. The number of benzene rings is 1. The molecule has 1 fully saturated rings. The summed E-state index contributed by atoms with van der Waals surface area (Å²) in [4.78, 5) is 26.6. The van der Waals surface area contributed by atoms with Crippen LogP contribution in [0.1, 0.15) is 42.9 Å². The van der Waals surface area contributed by atoms with E-state index in [1.807, 2.05) is 32.4 Å². The maximum atomic E-state index is 13.7. The standard InChI is InChI=1S/C20H25FN4O3/c1-11(2)25-13(4)17(12(3)23-25)22-20(27)19-18(24(5)16(26)10-28-19)14-7-6-8-15(21)9-14/h6-9,11,18-19H,10H2,1-5H3,(H,22,27)/t18-,19+/m1/s1. The number of hydrogen-bond donors (Lipinski definition) is 1. The number of nitrogens with zero attached hydrogens (tertiary/aromatic N) is 3. The van der Waals surface area contributed by atoms with Crippen molar-refractivity contribution in [1.29, 1.82) is 0 Å². The Labute approximate surface area is 163 Å². The van der Waals surface area contributed by atoms with Crippen molar-refractivity contribution in [2.45, 2.75) is 45.9 Å². The fourth-order valence-electron chi connectivity index (χ4n) is 3.56. The molecule has 28 heavy (non-hydrogen) atoms. The first kappa shape index (κ1) is 20.0. The Morgan fingerprint density at radius 2 is 2.07 bits per heavy atom. The number of rotatable bonds is 4. The van der Waals surface area contributed by atoms with Crippen LogP contribution in [0.5, 0.6) is 0 Å². The van der Waals surface area contributed by atoms with E-state index in [-0.39, 0.29) is 18.6 Å². The molecule has 0 bridgehead atoms. The number of hydrogen-bond acceptors (Lipinski definition) is 4. The van der Waals surface area contributed by atoms with Gasteiger partial charge in [-0.15, -0.1) is 0 Å². The Kier molecular flexibility index (Phi) is 5.51. The highest BCUT2D eigenvalue weighted by Crippen LogP contribution is 2.31. The lowest BCUT2D eigenvalue weighted by atomic mass is 9.97. The van der Waals surface area contributed by atoms with Crippen molar-refractivity contribution in [2.75, 3.05) is 19.0 Å². The van der Waals surface area contributed by atoms with Gasteiger partial charge >= 0.3 is 0 Å². The van der Waals surface area contributed by atoms with E-state index in [9.17, 15) is 14.0 Å². The third-order valence-corrected chi connectivity index (χ3v) is 4.99. The van der Waals surface area contributed by atoms with Gasteiger partial charge < -0.3 is 15.0 Å². The normalized spacial score (nSPS) is 20.0. The van der Waals surface area contributed by atoms with Crippen molar-refractivity contribution in [3.8, 4) is 0 Å². The zero-order valence-corrected chi connectivity index (χ0v) is 16.7. The van der Waals surface area contributed by atoms with Gasteiger partial charge in [0.05, 0.1) is 23.1 Å². The zero-order chi connectivity index (χ0) is 20.6. The number of amides is 2. The molecule has 1 saturated heterocycles. The molecule has 0 radical (unpaired) electrons. The molecular weight excluding hydrogens is 363 g/mol. The molecule has 1 aromatic heterocycles. The van der Waals surface area contributed by atoms with Crippen LogP contribution in [0.25, 0.3) is 0 Å². The summed E-state index contributed by atoms with van der Waals surface area (Å²) >= 11 is 0. The second kappa shape index (κ2) is 7.71. The molecule has 0 unspecified atom stereocenters. The molecule has 7 nitrogen and oxygen atoms in total. The van der Waals surface area contributed by atoms with E-state index in [1.165, 1.54) is 17.0 Å². The maximum Gasteiger partial charge on any atom is 0.256 e. The zero-order valence-electron chi connectivity index (χ0n) is 16.7. The maximum absolute atomic E-state index is 13.7. The Morgan fingerprint density at radius 3 is 2.68 bits per heavy atom. The molecule has 3 rings (SSSR count). The van der Waals surface area contributed by atoms with Crippen molar-refractivity contribution in [3.63, 3.8) is 0 Å². The highest BCUT2D eigenvalue weighted by Gasteiger charge is 2.40. The van der Waals surface area contributed by atoms with E-state index in [0.29, 0.717) is 16.9 Å². The summed E-state index contributed by atoms with van der Waals surface area (Å²) in [5, 5.41) is 7.36. The van der Waals surface area contributed by atoms with Gasteiger partial charge in [0.25, 0.3) is 5.91 Å². The number of aromatic nitrogens is 2. The second-order valence-corrected chi connectivity index (χ2v) is 7.31. The molecule has 1 N–H and O–H groups in total. The molecule has 0 saturated carbocycles. The Hall–Kier alpha value is -2.74. The molecule has 2 aromatic rings. The van der Waals surface area contributed by atoms with Crippen LogP contribution < -0.4 is 5.32 Å². The van der Waals surface area contributed by atoms with Crippen molar-refractivity contribution >= 4 is 17.5 Å². The summed E-state index contributed by atoms with van der Waals surface area (Å²) in [6.45, 7) is 7.52. The van der Waals surface area contributed by atoms with Gasteiger partial charge in [-0.1, -0.05) is 12.1 Å². The Morgan fingerprint density at radius 1 is 1.36 bits per heavy atom. The second-order valence-electron chi connectivity index (χ2n) is 7.31. The van der Waals surface area contributed by atoms with Crippen LogP contribution in [0.3, 0.4) is 0 Å². The molecule has 8 heteroatoms. The van der Waals surface area contributed by atoms with Gasteiger partial charge in [0, 0.05) is 13.1 Å². The van der Waals surface area contributed by atoms with E-state index in [2.05, 4.69) is 10.4 Å². The van der Waals surface area contributed by atoms with Gasteiger partial charge in [0.2, 0.25) is 5.91 Å². The molecule has 150 valence electrons. The van der Waals surface area contributed by atoms with Crippen LogP contribution in [0, 0.1) is 19.7 Å². The average molecular weight is 388 g/mol. The smallest absolute Gasteiger partial charge is 0.256 e. The van der Waals surface area contributed by atoms with Crippen molar-refractivity contribution < 1.29 is 18.7 Å². The van der Waals surface area contributed by atoms with Crippen LogP contribution >= 0.6 is 0 Å². The number of carbonyl (C=O) groups excluding carboxylic acids is 2. The molecule has 1 aliphatic rings. The quantitative estimate of drug-likeness (QED) is 0.874. The first-order valence-corrected chi connectivity index (χ1v) is 9.20. The van der Waals surface area contributed by atoms with Gasteiger partial charge in [-0.25, -0.2) is 4.39 Å². The summed E-state index contributed by atoms with van der Waals surface area (Å²) in [5.41, 5.74) is 2.66. The molecule has 1 aromatic carbocycles. The minimum Gasteiger partial charge on any atom is -0.356 e. The summed E-state index contributed by atoms with van der Waals surface area (Å²) < 4.78 is 21.2. The largest absolute Gasteiger partial charge is 0.356 e. The summed E-state index contributed by atoms with van der Waals surface area (Å²) in [6, 6.07) is 5.29. The molecule has 2 amide bonds. The Bertz CT molecular complexity index is 909. The van der Waals surface area contributed by atoms with E-state index in [0.717, 1.165) is 5.69 Å². The number of halogens is 1. The van der Waals surface area contributed by atoms with Crippen molar-refractivity contribution in [1.82, 2.24) is 14.7 Å². The highest BCUT2D eigenvalue weighted by atomic mass is 19.1. The molecule has 0 aliphatic carbocycles. The number of aryl methyl sites for hydroxylation is 1. The number of morpholine rings is 1. The molecule has 2 heterocycles. The molecule has 0 spiro atoms. The van der Waals surface area contributed by atoms with Gasteiger partial charge in [-0.05, 0) is 45.4 Å².